The van der Waals surface area contributed by atoms with Crippen molar-refractivity contribution in [2.75, 3.05) is 13.1 Å². The van der Waals surface area contributed by atoms with Crippen LogP contribution < -0.4 is 0 Å². The number of tetrazole rings is 1. The summed E-state index contributed by atoms with van der Waals surface area (Å²) < 4.78 is 1.84. The van der Waals surface area contributed by atoms with Crippen molar-refractivity contribution in [1.29, 1.82) is 0 Å². The summed E-state index contributed by atoms with van der Waals surface area (Å²) >= 11 is 0. The first-order valence-electron chi connectivity index (χ1n) is 6.25. The van der Waals surface area contributed by atoms with E-state index in [-0.39, 0.29) is 0 Å². The average Bonchev–Trinajstić information content (AvgIpc) is 2.63. The number of nitrogens with zero attached hydrogens (tertiary/aromatic N) is 5. The fourth-order valence-electron chi connectivity index (χ4n) is 2.13. The SMILES string of the molecule is CCCn1nnnc1CN1CC(O)(C(C)C)C1. The van der Waals surface area contributed by atoms with Crippen LogP contribution in [0.3, 0.4) is 0 Å². The lowest BCUT2D eigenvalue weighted by atomic mass is 9.83. The predicted octanol–water partition coefficient (Wildman–Crippen LogP) is 0.286. The van der Waals surface area contributed by atoms with Crippen LogP contribution in [-0.4, -0.2) is 48.9 Å². The van der Waals surface area contributed by atoms with E-state index in [1.54, 1.807) is 0 Å². The number of rotatable bonds is 5. The van der Waals surface area contributed by atoms with Gasteiger partial charge >= 0.3 is 0 Å². The molecule has 6 heteroatoms. The van der Waals surface area contributed by atoms with Gasteiger partial charge in [-0.25, -0.2) is 4.68 Å². The third kappa shape index (κ3) is 2.47. The molecule has 0 spiro atoms. The minimum atomic E-state index is -0.525. The Labute approximate surface area is 102 Å². The largest absolute Gasteiger partial charge is 0.387 e. The minimum absolute atomic E-state index is 0.297. The Hall–Kier alpha value is -1.01. The van der Waals surface area contributed by atoms with Crippen LogP contribution in [0, 0.1) is 5.92 Å². The Kier molecular flexibility index (Phi) is 3.44. The Morgan fingerprint density at radius 1 is 1.41 bits per heavy atom. The van der Waals surface area contributed by atoms with Gasteiger partial charge in [0, 0.05) is 19.6 Å². The van der Waals surface area contributed by atoms with E-state index in [1.165, 1.54) is 0 Å². The van der Waals surface area contributed by atoms with Crippen LogP contribution in [-0.2, 0) is 13.1 Å². The number of aryl methyl sites for hydroxylation is 1. The third-order valence-electron chi connectivity index (χ3n) is 3.48. The molecule has 1 aromatic heterocycles. The number of aromatic nitrogens is 4. The third-order valence-corrected chi connectivity index (χ3v) is 3.48. The predicted molar refractivity (Wildman–Crippen MR) is 63.2 cm³/mol. The molecule has 0 saturated carbocycles. The molecule has 1 saturated heterocycles. The first kappa shape index (κ1) is 12.4. The van der Waals surface area contributed by atoms with Gasteiger partial charge in [-0.05, 0) is 22.8 Å². The summed E-state index contributed by atoms with van der Waals surface area (Å²) in [5.74, 6) is 1.18. The van der Waals surface area contributed by atoms with Crippen molar-refractivity contribution >= 4 is 0 Å². The first-order valence-corrected chi connectivity index (χ1v) is 6.25. The van der Waals surface area contributed by atoms with Crippen molar-refractivity contribution in [3.8, 4) is 0 Å². The highest BCUT2D eigenvalue weighted by molar-refractivity contribution is 4.99. The molecule has 96 valence electrons. The summed E-state index contributed by atoms with van der Waals surface area (Å²) in [6.45, 7) is 9.21. The number of β-amino-alcohol motifs (C(OH)–C–C–N with tert-alkyl or cyclic N) is 1. The van der Waals surface area contributed by atoms with Crippen LogP contribution in [0.1, 0.15) is 33.0 Å². The van der Waals surface area contributed by atoms with Crippen LogP contribution in [0.15, 0.2) is 0 Å². The van der Waals surface area contributed by atoms with Crippen molar-refractivity contribution < 1.29 is 5.11 Å². The van der Waals surface area contributed by atoms with Crippen LogP contribution >= 0.6 is 0 Å². The highest BCUT2D eigenvalue weighted by atomic mass is 16.3. The van der Waals surface area contributed by atoms with E-state index in [0.29, 0.717) is 19.0 Å². The van der Waals surface area contributed by atoms with Gasteiger partial charge < -0.3 is 5.11 Å². The van der Waals surface area contributed by atoms with E-state index in [2.05, 4.69) is 41.2 Å². The normalized spacial score (nSPS) is 19.6. The molecule has 2 heterocycles. The highest BCUT2D eigenvalue weighted by Crippen LogP contribution is 2.29. The van der Waals surface area contributed by atoms with Crippen molar-refractivity contribution in [2.45, 2.75) is 45.9 Å². The quantitative estimate of drug-likeness (QED) is 0.799. The zero-order chi connectivity index (χ0) is 12.5. The second-order valence-electron chi connectivity index (χ2n) is 5.22. The lowest BCUT2D eigenvalue weighted by Crippen LogP contribution is -2.64. The summed E-state index contributed by atoms with van der Waals surface area (Å²) in [5, 5.41) is 21.8. The standard InChI is InChI=1S/C11H21N5O/c1-4-5-16-10(12-13-14-16)6-15-7-11(17,8-15)9(2)3/h9,17H,4-8H2,1-3H3. The Balaban J connectivity index is 1.89. The van der Waals surface area contributed by atoms with Crippen LogP contribution in [0.5, 0.6) is 0 Å². The summed E-state index contributed by atoms with van der Waals surface area (Å²) in [4.78, 5) is 2.18. The number of hydrogen-bond acceptors (Lipinski definition) is 5. The molecule has 1 fully saturated rings. The fraction of sp³-hybridized carbons (Fsp3) is 0.909. The van der Waals surface area contributed by atoms with Crippen LogP contribution in [0.2, 0.25) is 0 Å². The Bertz CT molecular complexity index is 370. The van der Waals surface area contributed by atoms with Crippen LogP contribution in [0.25, 0.3) is 0 Å². The second-order valence-corrected chi connectivity index (χ2v) is 5.22. The van der Waals surface area contributed by atoms with E-state index in [4.69, 9.17) is 0 Å². The average molecular weight is 239 g/mol. The van der Waals surface area contributed by atoms with Crippen molar-refractivity contribution in [3.05, 3.63) is 5.82 Å². The molecule has 0 atom stereocenters. The first-order chi connectivity index (χ1) is 8.05. The van der Waals surface area contributed by atoms with Gasteiger partial charge in [0.2, 0.25) is 0 Å². The molecule has 0 radical (unpaired) electrons. The van der Waals surface area contributed by atoms with Gasteiger partial charge in [0.25, 0.3) is 0 Å². The Morgan fingerprint density at radius 2 is 2.12 bits per heavy atom. The van der Waals surface area contributed by atoms with Gasteiger partial charge in [-0.2, -0.15) is 0 Å². The molecule has 1 aromatic rings. The molecule has 0 aliphatic carbocycles. The zero-order valence-electron chi connectivity index (χ0n) is 10.8. The molecular formula is C11H21N5O. The molecule has 17 heavy (non-hydrogen) atoms. The molecule has 1 aliphatic heterocycles. The molecular weight excluding hydrogens is 218 g/mol. The second kappa shape index (κ2) is 4.70. The maximum atomic E-state index is 10.2. The molecule has 0 unspecified atom stereocenters. The van der Waals surface area contributed by atoms with Crippen molar-refractivity contribution in [2.24, 2.45) is 5.92 Å². The smallest absolute Gasteiger partial charge is 0.165 e. The Morgan fingerprint density at radius 3 is 2.71 bits per heavy atom. The monoisotopic (exact) mass is 239 g/mol. The van der Waals surface area contributed by atoms with Crippen LogP contribution in [0.4, 0.5) is 0 Å². The highest BCUT2D eigenvalue weighted by Gasteiger charge is 2.43. The topological polar surface area (TPSA) is 67.1 Å². The van der Waals surface area contributed by atoms with Gasteiger partial charge in [-0.1, -0.05) is 20.8 Å². The van der Waals surface area contributed by atoms with E-state index < -0.39 is 5.60 Å². The van der Waals surface area contributed by atoms with E-state index in [0.717, 1.165) is 25.3 Å². The van der Waals surface area contributed by atoms with E-state index in [1.807, 2.05) is 4.68 Å². The fourth-order valence-corrected chi connectivity index (χ4v) is 2.13. The molecule has 1 aliphatic rings. The van der Waals surface area contributed by atoms with Gasteiger partial charge in [-0.15, -0.1) is 5.10 Å². The maximum Gasteiger partial charge on any atom is 0.165 e. The summed E-state index contributed by atoms with van der Waals surface area (Å²) in [6.07, 6.45) is 1.02. The van der Waals surface area contributed by atoms with Gasteiger partial charge in [-0.3, -0.25) is 4.90 Å². The van der Waals surface area contributed by atoms with E-state index in [9.17, 15) is 5.11 Å². The van der Waals surface area contributed by atoms with Crippen molar-refractivity contribution in [1.82, 2.24) is 25.1 Å². The zero-order valence-corrected chi connectivity index (χ0v) is 10.8. The lowest BCUT2D eigenvalue weighted by Gasteiger charge is -2.48. The molecule has 6 nitrogen and oxygen atoms in total. The van der Waals surface area contributed by atoms with Crippen molar-refractivity contribution in [3.63, 3.8) is 0 Å². The summed E-state index contributed by atoms with van der Waals surface area (Å²) in [6, 6.07) is 0. The van der Waals surface area contributed by atoms with Gasteiger partial charge in [0.15, 0.2) is 5.82 Å². The number of likely N-dealkylation sites (tertiary alicyclic amines) is 1. The van der Waals surface area contributed by atoms with Gasteiger partial charge in [0.05, 0.1) is 12.1 Å². The molecule has 0 amide bonds. The molecule has 0 aromatic carbocycles. The lowest BCUT2D eigenvalue weighted by molar-refractivity contribution is -0.131. The molecule has 0 bridgehead atoms. The minimum Gasteiger partial charge on any atom is -0.387 e. The number of aliphatic hydroxyl groups is 1. The van der Waals surface area contributed by atoms with E-state index >= 15 is 0 Å². The maximum absolute atomic E-state index is 10.2. The number of hydrogen-bond donors (Lipinski definition) is 1. The van der Waals surface area contributed by atoms with Gasteiger partial charge in [0.1, 0.15) is 0 Å². The summed E-state index contributed by atoms with van der Waals surface area (Å²) in [5.41, 5.74) is -0.525. The molecule has 1 N–H and O–H groups in total. The summed E-state index contributed by atoms with van der Waals surface area (Å²) in [7, 11) is 0. The molecule has 2 rings (SSSR count).